The molecular weight excluding hydrogens is 285 g/mol. The fourth-order valence-electron chi connectivity index (χ4n) is 3.31. The Bertz CT molecular complexity index is 502. The number of aliphatic hydroxyl groups is 1. The van der Waals surface area contributed by atoms with Gasteiger partial charge in [0.15, 0.2) is 0 Å². The van der Waals surface area contributed by atoms with Crippen LogP contribution in [0.5, 0.6) is 0 Å². The first-order valence-electron chi connectivity index (χ1n) is 7.35. The average Bonchev–Trinajstić information content (AvgIpc) is 3.01. The van der Waals surface area contributed by atoms with E-state index in [0.29, 0.717) is 24.8 Å². The first-order valence-corrected chi connectivity index (χ1v) is 7.35. The minimum Gasteiger partial charge on any atom is -0.393 e. The number of hydrogen-bond donors (Lipinski definition) is 1. The molecular formula is C13H19F3N4O. The molecule has 1 aromatic rings. The van der Waals surface area contributed by atoms with E-state index in [4.69, 9.17) is 0 Å². The van der Waals surface area contributed by atoms with Crippen LogP contribution in [0, 0.1) is 5.92 Å². The van der Waals surface area contributed by atoms with Crippen LogP contribution in [-0.4, -0.2) is 44.0 Å². The molecule has 2 unspecified atom stereocenters. The van der Waals surface area contributed by atoms with Crippen molar-refractivity contribution in [3.05, 3.63) is 11.6 Å². The van der Waals surface area contributed by atoms with Gasteiger partial charge >= 0.3 is 6.18 Å². The Morgan fingerprint density at radius 3 is 2.67 bits per heavy atom. The normalized spacial score (nSPS) is 27.0. The van der Waals surface area contributed by atoms with Crippen molar-refractivity contribution in [3.8, 4) is 0 Å². The predicted octanol–water partition coefficient (Wildman–Crippen LogP) is 1.66. The summed E-state index contributed by atoms with van der Waals surface area (Å²) in [5, 5.41) is 16.7. The molecule has 1 aromatic heterocycles. The smallest absolute Gasteiger partial charge is 0.393 e. The topological polar surface area (TPSA) is 54.2 Å². The molecule has 0 radical (unpaired) electrons. The maximum atomic E-state index is 12.7. The van der Waals surface area contributed by atoms with Gasteiger partial charge in [0.2, 0.25) is 5.82 Å². The lowest BCUT2D eigenvalue weighted by atomic mass is 10.0. The molecule has 1 saturated carbocycles. The Labute approximate surface area is 120 Å². The summed E-state index contributed by atoms with van der Waals surface area (Å²) in [5.74, 6) is -0.195. The Morgan fingerprint density at radius 2 is 2.00 bits per heavy atom. The molecule has 5 nitrogen and oxygen atoms in total. The van der Waals surface area contributed by atoms with Gasteiger partial charge in [-0.1, -0.05) is 6.42 Å². The van der Waals surface area contributed by atoms with Crippen LogP contribution in [0.3, 0.4) is 0 Å². The van der Waals surface area contributed by atoms with Gasteiger partial charge in [-0.15, -0.1) is 10.2 Å². The fourth-order valence-corrected chi connectivity index (χ4v) is 3.31. The van der Waals surface area contributed by atoms with Gasteiger partial charge in [0.25, 0.3) is 0 Å². The molecule has 1 aliphatic heterocycles. The summed E-state index contributed by atoms with van der Waals surface area (Å²) in [6.07, 6.45) is -0.787. The highest BCUT2D eigenvalue weighted by molar-refractivity contribution is 5.02. The van der Waals surface area contributed by atoms with Crippen LogP contribution in [0.15, 0.2) is 0 Å². The van der Waals surface area contributed by atoms with Crippen molar-refractivity contribution in [1.29, 1.82) is 0 Å². The summed E-state index contributed by atoms with van der Waals surface area (Å²) in [4.78, 5) is 2.09. The summed E-state index contributed by atoms with van der Waals surface area (Å²) in [5.41, 5.74) is 0. The Balaban J connectivity index is 1.59. The third-order valence-corrected chi connectivity index (χ3v) is 4.52. The van der Waals surface area contributed by atoms with E-state index in [0.717, 1.165) is 32.2 Å². The largest absolute Gasteiger partial charge is 0.451 e. The van der Waals surface area contributed by atoms with Gasteiger partial charge in [-0.2, -0.15) is 13.2 Å². The molecule has 1 fully saturated rings. The van der Waals surface area contributed by atoms with Crippen LogP contribution < -0.4 is 0 Å². The van der Waals surface area contributed by atoms with E-state index in [-0.39, 0.29) is 12.6 Å². The van der Waals surface area contributed by atoms with Gasteiger partial charge in [-0.3, -0.25) is 4.90 Å². The standard InChI is InChI=1S/C13H19F3N4O/c14-13(15,16)12-18-17-11-8-19(6-7-20(11)12)5-4-9-2-1-3-10(9)21/h9-10,21H,1-8H2. The molecule has 3 rings (SSSR count). The maximum absolute atomic E-state index is 12.7. The number of rotatable bonds is 3. The number of aromatic nitrogens is 3. The lowest BCUT2D eigenvalue weighted by Crippen LogP contribution is -2.36. The first-order chi connectivity index (χ1) is 9.95. The molecule has 0 bridgehead atoms. The van der Waals surface area contributed by atoms with Crippen molar-refractivity contribution in [2.75, 3.05) is 13.1 Å². The van der Waals surface area contributed by atoms with Crippen molar-refractivity contribution in [2.24, 2.45) is 5.92 Å². The van der Waals surface area contributed by atoms with E-state index in [2.05, 4.69) is 15.1 Å². The van der Waals surface area contributed by atoms with E-state index in [1.807, 2.05) is 0 Å². The molecule has 118 valence electrons. The number of halogens is 3. The zero-order chi connectivity index (χ0) is 15.0. The van der Waals surface area contributed by atoms with Crippen LogP contribution in [0.4, 0.5) is 13.2 Å². The van der Waals surface area contributed by atoms with Gasteiger partial charge in [-0.25, -0.2) is 0 Å². The number of alkyl halides is 3. The highest BCUT2D eigenvalue weighted by atomic mass is 19.4. The Kier molecular flexibility index (Phi) is 3.92. The third-order valence-electron chi connectivity index (χ3n) is 4.52. The van der Waals surface area contributed by atoms with E-state index in [1.165, 1.54) is 4.57 Å². The molecule has 8 heteroatoms. The molecule has 1 N–H and O–H groups in total. The molecule has 2 heterocycles. The number of fused-ring (bicyclic) bond motifs is 1. The summed E-state index contributed by atoms with van der Waals surface area (Å²) in [6.45, 7) is 2.02. The number of nitrogens with zero attached hydrogens (tertiary/aromatic N) is 4. The summed E-state index contributed by atoms with van der Waals surface area (Å²) in [6, 6.07) is 0. The second-order valence-electron chi connectivity index (χ2n) is 5.91. The second kappa shape index (κ2) is 5.57. The number of hydrogen-bond acceptors (Lipinski definition) is 4. The van der Waals surface area contributed by atoms with Crippen molar-refractivity contribution < 1.29 is 18.3 Å². The van der Waals surface area contributed by atoms with Gasteiger partial charge in [-0.05, 0) is 31.7 Å². The van der Waals surface area contributed by atoms with E-state index in [1.54, 1.807) is 0 Å². The minimum atomic E-state index is -4.44. The van der Waals surface area contributed by atoms with E-state index in [9.17, 15) is 18.3 Å². The molecule has 0 saturated heterocycles. The highest BCUT2D eigenvalue weighted by Crippen LogP contribution is 2.31. The zero-order valence-electron chi connectivity index (χ0n) is 11.7. The van der Waals surface area contributed by atoms with Gasteiger partial charge in [0, 0.05) is 13.1 Å². The van der Waals surface area contributed by atoms with Gasteiger partial charge in [0.1, 0.15) is 5.82 Å². The third kappa shape index (κ3) is 3.06. The van der Waals surface area contributed by atoms with Gasteiger partial charge in [0.05, 0.1) is 12.6 Å². The zero-order valence-corrected chi connectivity index (χ0v) is 11.7. The molecule has 0 spiro atoms. The van der Waals surface area contributed by atoms with Crippen molar-refractivity contribution in [2.45, 2.75) is 51.1 Å². The Morgan fingerprint density at radius 1 is 1.19 bits per heavy atom. The Hall–Kier alpha value is -1.15. The molecule has 1 aliphatic carbocycles. The number of aliphatic hydroxyl groups excluding tert-OH is 1. The quantitative estimate of drug-likeness (QED) is 0.923. The summed E-state index contributed by atoms with van der Waals surface area (Å²) < 4.78 is 39.4. The fraction of sp³-hybridized carbons (Fsp3) is 0.846. The maximum Gasteiger partial charge on any atom is 0.451 e. The van der Waals surface area contributed by atoms with Crippen LogP contribution in [0.25, 0.3) is 0 Å². The van der Waals surface area contributed by atoms with Crippen LogP contribution in [0.2, 0.25) is 0 Å². The van der Waals surface area contributed by atoms with Crippen LogP contribution in [-0.2, 0) is 19.3 Å². The summed E-state index contributed by atoms with van der Waals surface area (Å²) in [7, 11) is 0. The average molecular weight is 304 g/mol. The predicted molar refractivity (Wildman–Crippen MR) is 68.3 cm³/mol. The lowest BCUT2D eigenvalue weighted by molar-refractivity contribution is -0.148. The lowest BCUT2D eigenvalue weighted by Gasteiger charge is -2.29. The summed E-state index contributed by atoms with van der Waals surface area (Å²) >= 11 is 0. The van der Waals surface area contributed by atoms with Crippen molar-refractivity contribution >= 4 is 0 Å². The van der Waals surface area contributed by atoms with Crippen molar-refractivity contribution in [1.82, 2.24) is 19.7 Å². The van der Waals surface area contributed by atoms with E-state index >= 15 is 0 Å². The first kappa shape index (κ1) is 14.8. The SMILES string of the molecule is OC1CCCC1CCN1CCn2c(nnc2C(F)(F)F)C1. The minimum absolute atomic E-state index is 0.213. The van der Waals surface area contributed by atoms with Gasteiger partial charge < -0.3 is 9.67 Å². The van der Waals surface area contributed by atoms with Crippen molar-refractivity contribution in [3.63, 3.8) is 0 Å². The highest BCUT2D eigenvalue weighted by Gasteiger charge is 2.39. The molecule has 2 aliphatic rings. The van der Waals surface area contributed by atoms with E-state index < -0.39 is 12.0 Å². The monoisotopic (exact) mass is 304 g/mol. The van der Waals surface area contributed by atoms with Crippen LogP contribution >= 0.6 is 0 Å². The molecule has 0 aromatic carbocycles. The van der Waals surface area contributed by atoms with Crippen LogP contribution in [0.1, 0.15) is 37.3 Å². The molecule has 2 atom stereocenters. The second-order valence-corrected chi connectivity index (χ2v) is 5.91. The molecule has 0 amide bonds. The molecule has 21 heavy (non-hydrogen) atoms.